The fraction of sp³-hybridized carbons (Fsp3) is 0.200. The summed E-state index contributed by atoms with van der Waals surface area (Å²) in [6, 6.07) is 4.78. The van der Waals surface area contributed by atoms with Crippen molar-refractivity contribution < 1.29 is 4.39 Å². The molecule has 3 heteroatoms. The van der Waals surface area contributed by atoms with Crippen molar-refractivity contribution in [2.75, 3.05) is 18.0 Å². The van der Waals surface area contributed by atoms with Crippen LogP contribution >= 0.6 is 15.9 Å². The van der Waals surface area contributed by atoms with Crippen LogP contribution < -0.4 is 4.90 Å². The molecule has 1 aliphatic heterocycles. The topological polar surface area (TPSA) is 3.24 Å². The maximum Gasteiger partial charge on any atom is 0.124 e. The maximum absolute atomic E-state index is 12.8. The van der Waals surface area contributed by atoms with Crippen LogP contribution in [0, 0.1) is 5.82 Å². The number of halogens is 2. The zero-order valence-electron chi connectivity index (χ0n) is 7.00. The Kier molecular flexibility index (Phi) is 2.36. The number of anilines is 1. The molecule has 2 rings (SSSR count). The summed E-state index contributed by atoms with van der Waals surface area (Å²) in [4.78, 5) is 2.17. The molecule has 0 aromatic heterocycles. The van der Waals surface area contributed by atoms with Gasteiger partial charge in [0, 0.05) is 17.6 Å². The lowest BCUT2D eigenvalue weighted by Crippen LogP contribution is -2.18. The Morgan fingerprint density at radius 2 is 1.92 bits per heavy atom. The van der Waals surface area contributed by atoms with Gasteiger partial charge in [0.05, 0.1) is 5.69 Å². The van der Waals surface area contributed by atoms with Crippen molar-refractivity contribution in [3.63, 3.8) is 0 Å². The van der Waals surface area contributed by atoms with Crippen LogP contribution in [0.15, 0.2) is 34.8 Å². The second-order valence-electron chi connectivity index (χ2n) is 2.97. The van der Waals surface area contributed by atoms with E-state index in [1.807, 2.05) is 0 Å². The first-order valence-electron chi connectivity index (χ1n) is 4.12. The number of benzene rings is 1. The summed E-state index contributed by atoms with van der Waals surface area (Å²) in [5, 5.41) is 0. The van der Waals surface area contributed by atoms with Gasteiger partial charge < -0.3 is 4.90 Å². The molecule has 1 aliphatic rings. The normalized spacial score (nSPS) is 15.4. The van der Waals surface area contributed by atoms with E-state index in [2.05, 4.69) is 33.0 Å². The van der Waals surface area contributed by atoms with Gasteiger partial charge in [-0.1, -0.05) is 12.2 Å². The highest BCUT2D eigenvalue weighted by Gasteiger charge is 2.10. The molecule has 1 nitrogen and oxygen atoms in total. The van der Waals surface area contributed by atoms with Crippen molar-refractivity contribution in [2.45, 2.75) is 0 Å². The lowest BCUT2D eigenvalue weighted by atomic mass is 10.3. The van der Waals surface area contributed by atoms with Crippen LogP contribution in [0.25, 0.3) is 0 Å². The van der Waals surface area contributed by atoms with Gasteiger partial charge in [0.2, 0.25) is 0 Å². The second-order valence-corrected chi connectivity index (χ2v) is 3.83. The number of rotatable bonds is 1. The Morgan fingerprint density at radius 3 is 2.54 bits per heavy atom. The van der Waals surface area contributed by atoms with E-state index in [0.717, 1.165) is 23.2 Å². The van der Waals surface area contributed by atoms with E-state index in [1.54, 1.807) is 6.07 Å². The highest BCUT2D eigenvalue weighted by molar-refractivity contribution is 9.10. The minimum atomic E-state index is -0.206. The van der Waals surface area contributed by atoms with Crippen LogP contribution in [0.3, 0.4) is 0 Å². The number of nitrogens with zero attached hydrogens (tertiary/aromatic N) is 1. The second kappa shape index (κ2) is 3.50. The van der Waals surface area contributed by atoms with Crippen LogP contribution in [0.4, 0.5) is 10.1 Å². The molecule has 0 spiro atoms. The van der Waals surface area contributed by atoms with Crippen molar-refractivity contribution in [3.05, 3.63) is 40.6 Å². The summed E-state index contributed by atoms with van der Waals surface area (Å²) in [5.74, 6) is -0.206. The smallest absolute Gasteiger partial charge is 0.124 e. The summed E-state index contributed by atoms with van der Waals surface area (Å²) in [6.07, 6.45) is 4.21. The van der Waals surface area contributed by atoms with E-state index < -0.39 is 0 Å². The first-order valence-corrected chi connectivity index (χ1v) is 4.91. The van der Waals surface area contributed by atoms with E-state index in [4.69, 9.17) is 0 Å². The summed E-state index contributed by atoms with van der Waals surface area (Å²) >= 11 is 3.35. The largest absolute Gasteiger partial charge is 0.363 e. The first-order chi connectivity index (χ1) is 6.27. The fourth-order valence-corrected chi connectivity index (χ4v) is 2.01. The Hall–Kier alpha value is -0.830. The van der Waals surface area contributed by atoms with E-state index in [1.165, 1.54) is 12.1 Å². The van der Waals surface area contributed by atoms with Crippen LogP contribution in [0.5, 0.6) is 0 Å². The number of hydrogen-bond acceptors (Lipinski definition) is 1. The van der Waals surface area contributed by atoms with Gasteiger partial charge >= 0.3 is 0 Å². The molecule has 0 fully saturated rings. The number of hydrogen-bond donors (Lipinski definition) is 0. The van der Waals surface area contributed by atoms with Gasteiger partial charge in [-0.15, -0.1) is 0 Å². The molecule has 0 bridgehead atoms. The van der Waals surface area contributed by atoms with Crippen LogP contribution in [0.2, 0.25) is 0 Å². The molecule has 1 aromatic carbocycles. The molecule has 0 aliphatic carbocycles. The average Bonchev–Trinajstić information content (AvgIpc) is 2.56. The monoisotopic (exact) mass is 241 g/mol. The third kappa shape index (κ3) is 1.75. The van der Waals surface area contributed by atoms with Crippen molar-refractivity contribution in [1.29, 1.82) is 0 Å². The summed E-state index contributed by atoms with van der Waals surface area (Å²) < 4.78 is 13.6. The molecule has 13 heavy (non-hydrogen) atoms. The average molecular weight is 242 g/mol. The summed E-state index contributed by atoms with van der Waals surface area (Å²) in [5.41, 5.74) is 1.05. The van der Waals surface area contributed by atoms with E-state index in [0.29, 0.717) is 0 Å². The molecular weight excluding hydrogens is 233 g/mol. The minimum Gasteiger partial charge on any atom is -0.363 e. The standard InChI is InChI=1S/C10H9BrFN/c11-9-7-8(12)3-4-10(9)13-5-1-2-6-13/h1-4,7H,5-6H2. The van der Waals surface area contributed by atoms with Gasteiger partial charge in [-0.3, -0.25) is 0 Å². The Bertz CT molecular complexity index is 341. The summed E-state index contributed by atoms with van der Waals surface area (Å²) in [7, 11) is 0. The Balaban J connectivity index is 2.30. The SMILES string of the molecule is Fc1ccc(N2CC=CC2)c(Br)c1. The van der Waals surface area contributed by atoms with E-state index in [-0.39, 0.29) is 5.82 Å². The summed E-state index contributed by atoms with van der Waals surface area (Å²) in [6.45, 7) is 1.81. The molecule has 0 atom stereocenters. The predicted molar refractivity (Wildman–Crippen MR) is 55.5 cm³/mol. The lowest BCUT2D eigenvalue weighted by molar-refractivity contribution is 0.627. The molecule has 0 amide bonds. The molecule has 0 radical (unpaired) electrons. The molecule has 68 valence electrons. The third-order valence-corrected chi connectivity index (χ3v) is 2.70. The van der Waals surface area contributed by atoms with Crippen LogP contribution in [0.1, 0.15) is 0 Å². The molecule has 1 heterocycles. The molecular formula is C10H9BrFN. The van der Waals surface area contributed by atoms with E-state index >= 15 is 0 Å². The van der Waals surface area contributed by atoms with E-state index in [9.17, 15) is 4.39 Å². The first kappa shape index (κ1) is 8.75. The Morgan fingerprint density at radius 1 is 1.23 bits per heavy atom. The van der Waals surface area contributed by atoms with Gasteiger partial charge in [-0.05, 0) is 34.1 Å². The minimum absolute atomic E-state index is 0.206. The van der Waals surface area contributed by atoms with Gasteiger partial charge in [0.25, 0.3) is 0 Å². The highest BCUT2D eigenvalue weighted by atomic mass is 79.9. The van der Waals surface area contributed by atoms with Crippen molar-refractivity contribution in [1.82, 2.24) is 0 Å². The van der Waals surface area contributed by atoms with Crippen molar-refractivity contribution in [3.8, 4) is 0 Å². The fourth-order valence-electron chi connectivity index (χ4n) is 1.41. The van der Waals surface area contributed by atoms with Gasteiger partial charge in [0.15, 0.2) is 0 Å². The maximum atomic E-state index is 12.8. The molecule has 1 aromatic rings. The van der Waals surface area contributed by atoms with Gasteiger partial charge in [0.1, 0.15) is 5.82 Å². The van der Waals surface area contributed by atoms with Gasteiger partial charge in [-0.25, -0.2) is 4.39 Å². The Labute approximate surface area is 85.0 Å². The predicted octanol–water partition coefficient (Wildman–Crippen LogP) is 2.96. The van der Waals surface area contributed by atoms with Gasteiger partial charge in [-0.2, -0.15) is 0 Å². The molecule has 0 saturated heterocycles. The highest BCUT2D eigenvalue weighted by Crippen LogP contribution is 2.27. The van der Waals surface area contributed by atoms with Crippen molar-refractivity contribution in [2.24, 2.45) is 0 Å². The quantitative estimate of drug-likeness (QED) is 0.684. The van der Waals surface area contributed by atoms with Crippen LogP contribution in [-0.2, 0) is 0 Å². The zero-order chi connectivity index (χ0) is 9.26. The third-order valence-electron chi connectivity index (χ3n) is 2.07. The molecule has 0 unspecified atom stereocenters. The van der Waals surface area contributed by atoms with Crippen molar-refractivity contribution >= 4 is 21.6 Å². The molecule has 0 saturated carbocycles. The van der Waals surface area contributed by atoms with Crippen LogP contribution in [-0.4, -0.2) is 13.1 Å². The lowest BCUT2D eigenvalue weighted by Gasteiger charge is -2.18. The zero-order valence-corrected chi connectivity index (χ0v) is 8.59. The molecule has 0 N–H and O–H groups in total.